The number of alkyl carbamates (subject to hydrolysis) is 1. The van der Waals surface area contributed by atoms with Crippen LogP contribution in [0.2, 0.25) is 0 Å². The molecule has 0 aliphatic heterocycles. The summed E-state index contributed by atoms with van der Waals surface area (Å²) < 4.78 is 10.5. The Morgan fingerprint density at radius 2 is 1.86 bits per heavy atom. The highest BCUT2D eigenvalue weighted by molar-refractivity contribution is 6.41. The van der Waals surface area contributed by atoms with Crippen molar-refractivity contribution in [3.63, 3.8) is 0 Å². The normalized spacial score (nSPS) is 22.1. The van der Waals surface area contributed by atoms with Crippen molar-refractivity contribution in [2.75, 3.05) is 6.61 Å². The van der Waals surface area contributed by atoms with Crippen LogP contribution in [0.1, 0.15) is 52.5 Å². The molecule has 1 aromatic carbocycles. The maximum atomic E-state index is 12.6. The van der Waals surface area contributed by atoms with Crippen LogP contribution in [0.15, 0.2) is 36.0 Å². The minimum atomic E-state index is -1.01. The summed E-state index contributed by atoms with van der Waals surface area (Å²) in [5.74, 6) is -0.783. The molecule has 0 spiro atoms. The van der Waals surface area contributed by atoms with Crippen LogP contribution < -0.4 is 5.32 Å². The Morgan fingerprint density at radius 3 is 2.48 bits per heavy atom. The summed E-state index contributed by atoms with van der Waals surface area (Å²) in [5, 5.41) is 2.48. The largest absolute Gasteiger partial charge is 0.460 e. The summed E-state index contributed by atoms with van der Waals surface area (Å²) in [6.07, 6.45) is 3.42. The zero-order valence-electron chi connectivity index (χ0n) is 17.6. The van der Waals surface area contributed by atoms with Crippen molar-refractivity contribution in [1.29, 1.82) is 0 Å². The molecule has 158 valence electrons. The van der Waals surface area contributed by atoms with Gasteiger partial charge >= 0.3 is 12.1 Å². The Balaban J connectivity index is 2.16. The molecule has 29 heavy (non-hydrogen) atoms. The molecule has 3 atom stereocenters. The number of ketones is 1. The average molecular weight is 402 g/mol. The van der Waals surface area contributed by atoms with Crippen molar-refractivity contribution >= 4 is 23.9 Å². The first-order chi connectivity index (χ1) is 13.8. The van der Waals surface area contributed by atoms with E-state index in [0.29, 0.717) is 17.4 Å². The monoisotopic (exact) mass is 401 g/mol. The number of rotatable bonds is 7. The van der Waals surface area contributed by atoms with E-state index in [0.717, 1.165) is 19.3 Å². The highest BCUT2D eigenvalue weighted by atomic mass is 16.6. The number of esters is 1. The molecule has 1 aliphatic rings. The van der Waals surface area contributed by atoms with Crippen molar-refractivity contribution in [1.82, 2.24) is 5.32 Å². The fraction of sp³-hybridized carbons (Fsp3) is 0.522. The van der Waals surface area contributed by atoms with Gasteiger partial charge in [-0.2, -0.15) is 0 Å². The Hall–Kier alpha value is -2.63. The Kier molecular flexibility index (Phi) is 8.43. The van der Waals surface area contributed by atoms with Gasteiger partial charge in [0.25, 0.3) is 5.78 Å². The van der Waals surface area contributed by atoms with Gasteiger partial charge in [-0.25, -0.2) is 9.59 Å². The summed E-state index contributed by atoms with van der Waals surface area (Å²) in [4.78, 5) is 37.0. The number of carbonyl (C=O) groups is 3. The predicted octanol–water partition coefficient (Wildman–Crippen LogP) is 4.35. The molecule has 0 unspecified atom stereocenters. The third-order valence-electron chi connectivity index (χ3n) is 5.27. The van der Waals surface area contributed by atoms with Crippen LogP contribution in [0.5, 0.6) is 0 Å². The first-order valence-corrected chi connectivity index (χ1v) is 10.3. The summed E-state index contributed by atoms with van der Waals surface area (Å²) >= 11 is 0. The minimum absolute atomic E-state index is 0.0731. The molecule has 1 amide bonds. The fourth-order valence-corrected chi connectivity index (χ4v) is 3.71. The maximum Gasteiger partial charge on any atom is 0.412 e. The standard InChI is InChI=1S/C23H31NO5/c1-5-28-22(26)21(25)19(14-17-9-7-6-8-10-17)24-23(27)29-20-13-16(4)11-12-18(20)15(2)3/h6-10,14-16,18,20H,5,11-13H2,1-4H3,(H,24,27)/b19-14-/t16-,18+,20-/m1/s1. The van der Waals surface area contributed by atoms with Gasteiger partial charge in [0.05, 0.1) is 12.3 Å². The Bertz CT molecular complexity index is 741. The van der Waals surface area contributed by atoms with Crippen molar-refractivity contribution in [2.45, 2.75) is 53.1 Å². The quantitative estimate of drug-likeness (QED) is 0.417. The molecule has 6 heteroatoms. The van der Waals surface area contributed by atoms with E-state index < -0.39 is 17.8 Å². The van der Waals surface area contributed by atoms with Gasteiger partial charge in [-0.15, -0.1) is 0 Å². The molecular weight excluding hydrogens is 370 g/mol. The van der Waals surface area contributed by atoms with E-state index in [-0.39, 0.29) is 24.3 Å². The van der Waals surface area contributed by atoms with Gasteiger partial charge in [0.2, 0.25) is 0 Å². The van der Waals surface area contributed by atoms with Crippen LogP contribution in [0.4, 0.5) is 4.79 Å². The smallest absolute Gasteiger partial charge is 0.412 e. The van der Waals surface area contributed by atoms with Gasteiger partial charge in [-0.3, -0.25) is 10.1 Å². The van der Waals surface area contributed by atoms with Gasteiger partial charge in [-0.1, -0.05) is 57.5 Å². The number of hydrogen-bond donors (Lipinski definition) is 1. The van der Waals surface area contributed by atoms with Gasteiger partial charge in [0.15, 0.2) is 0 Å². The van der Waals surface area contributed by atoms with Crippen LogP contribution >= 0.6 is 0 Å². The van der Waals surface area contributed by atoms with E-state index in [1.54, 1.807) is 31.2 Å². The summed E-state index contributed by atoms with van der Waals surface area (Å²) in [5.41, 5.74) is 0.511. The molecule has 1 saturated carbocycles. The molecule has 0 radical (unpaired) electrons. The maximum absolute atomic E-state index is 12.6. The van der Waals surface area contributed by atoms with E-state index in [1.807, 2.05) is 6.07 Å². The first-order valence-electron chi connectivity index (χ1n) is 10.3. The molecule has 1 aliphatic carbocycles. The van der Waals surface area contributed by atoms with E-state index in [2.05, 4.69) is 26.1 Å². The highest BCUT2D eigenvalue weighted by Gasteiger charge is 2.34. The lowest BCUT2D eigenvalue weighted by atomic mass is 9.75. The number of Topliss-reactive ketones (excluding diaryl/α,β-unsaturated/α-hetero) is 1. The third kappa shape index (κ3) is 6.73. The second kappa shape index (κ2) is 10.8. The molecule has 0 bridgehead atoms. The second-order valence-electron chi connectivity index (χ2n) is 7.91. The first kappa shape index (κ1) is 22.7. The zero-order chi connectivity index (χ0) is 21.4. The van der Waals surface area contributed by atoms with E-state index in [1.165, 1.54) is 6.08 Å². The van der Waals surface area contributed by atoms with Crippen LogP contribution in [0, 0.1) is 17.8 Å². The number of amides is 1. The van der Waals surface area contributed by atoms with Crippen molar-refractivity contribution in [3.05, 3.63) is 41.6 Å². The minimum Gasteiger partial charge on any atom is -0.460 e. The molecule has 1 N–H and O–H groups in total. The fourth-order valence-electron chi connectivity index (χ4n) is 3.71. The summed E-state index contributed by atoms with van der Waals surface area (Å²) in [6, 6.07) is 8.97. The molecule has 2 rings (SSSR count). The molecule has 0 heterocycles. The molecular formula is C23H31NO5. The predicted molar refractivity (Wildman–Crippen MR) is 111 cm³/mol. The van der Waals surface area contributed by atoms with Crippen molar-refractivity contribution in [2.24, 2.45) is 17.8 Å². The molecule has 1 fully saturated rings. The van der Waals surface area contributed by atoms with Crippen molar-refractivity contribution in [3.8, 4) is 0 Å². The SMILES string of the molecule is CCOC(=O)C(=O)/C(=C/c1ccccc1)NC(=O)O[C@@H]1C[C@H](C)CC[C@H]1C(C)C. The summed E-state index contributed by atoms with van der Waals surface area (Å²) in [7, 11) is 0. The topological polar surface area (TPSA) is 81.7 Å². The number of nitrogens with one attached hydrogen (secondary N) is 1. The Morgan fingerprint density at radius 1 is 1.17 bits per heavy atom. The van der Waals surface area contributed by atoms with E-state index in [9.17, 15) is 14.4 Å². The van der Waals surface area contributed by atoms with E-state index in [4.69, 9.17) is 9.47 Å². The van der Waals surface area contributed by atoms with Crippen LogP contribution in [-0.4, -0.2) is 30.6 Å². The summed E-state index contributed by atoms with van der Waals surface area (Å²) in [6.45, 7) is 8.09. The highest BCUT2D eigenvalue weighted by Crippen LogP contribution is 2.35. The molecule has 0 aromatic heterocycles. The second-order valence-corrected chi connectivity index (χ2v) is 7.91. The van der Waals surface area contributed by atoms with Crippen LogP contribution in [-0.2, 0) is 19.1 Å². The number of ether oxygens (including phenoxy) is 2. The lowest BCUT2D eigenvalue weighted by Crippen LogP contribution is -2.40. The number of benzene rings is 1. The Labute approximate surface area is 172 Å². The lowest BCUT2D eigenvalue weighted by Gasteiger charge is -2.36. The average Bonchev–Trinajstić information content (AvgIpc) is 2.67. The van der Waals surface area contributed by atoms with Gasteiger partial charge in [0, 0.05) is 0 Å². The number of hydrogen-bond acceptors (Lipinski definition) is 5. The zero-order valence-corrected chi connectivity index (χ0v) is 17.6. The van der Waals surface area contributed by atoms with Crippen molar-refractivity contribution < 1.29 is 23.9 Å². The van der Waals surface area contributed by atoms with E-state index >= 15 is 0 Å². The molecule has 1 aromatic rings. The third-order valence-corrected chi connectivity index (χ3v) is 5.27. The lowest BCUT2D eigenvalue weighted by molar-refractivity contribution is -0.151. The number of carbonyl (C=O) groups excluding carboxylic acids is 3. The molecule has 6 nitrogen and oxygen atoms in total. The van der Waals surface area contributed by atoms with Crippen LogP contribution in [0.25, 0.3) is 6.08 Å². The van der Waals surface area contributed by atoms with Gasteiger partial charge < -0.3 is 9.47 Å². The molecule has 0 saturated heterocycles. The van der Waals surface area contributed by atoms with Crippen LogP contribution in [0.3, 0.4) is 0 Å². The van der Waals surface area contributed by atoms with Gasteiger partial charge in [-0.05, 0) is 49.2 Å². The van der Waals surface area contributed by atoms with Gasteiger partial charge in [0.1, 0.15) is 6.10 Å².